The molecular weight excluding hydrogens is 290 g/mol. The first-order valence-electron chi connectivity index (χ1n) is 5.99. The van der Waals surface area contributed by atoms with Gasteiger partial charge in [0.2, 0.25) is 0 Å². The average molecular weight is 302 g/mol. The Morgan fingerprint density at radius 1 is 1.33 bits per heavy atom. The Bertz CT molecular complexity index is 738. The molecule has 2 aromatic carbocycles. The van der Waals surface area contributed by atoms with Crippen LogP contribution in [0.2, 0.25) is 5.02 Å². The fraction of sp³-hybridized carbons (Fsp3) is 0.0667. The van der Waals surface area contributed by atoms with E-state index in [1.165, 1.54) is 19.2 Å². The van der Waals surface area contributed by atoms with Gasteiger partial charge in [-0.3, -0.25) is 4.79 Å². The summed E-state index contributed by atoms with van der Waals surface area (Å²) in [5.41, 5.74) is 7.26. The van der Waals surface area contributed by atoms with Gasteiger partial charge in [-0.25, -0.2) is 0 Å². The number of nitrogens with one attached hydrogen (secondary N) is 1. The first kappa shape index (κ1) is 14.7. The zero-order chi connectivity index (χ0) is 15.4. The zero-order valence-electron chi connectivity index (χ0n) is 11.2. The number of anilines is 2. The highest BCUT2D eigenvalue weighted by atomic mass is 35.5. The van der Waals surface area contributed by atoms with Crippen molar-refractivity contribution in [3.63, 3.8) is 0 Å². The van der Waals surface area contributed by atoms with E-state index in [2.05, 4.69) is 5.32 Å². The van der Waals surface area contributed by atoms with E-state index >= 15 is 0 Å². The van der Waals surface area contributed by atoms with E-state index in [0.717, 1.165) is 0 Å². The van der Waals surface area contributed by atoms with Crippen LogP contribution in [0.4, 0.5) is 11.4 Å². The van der Waals surface area contributed by atoms with Crippen molar-refractivity contribution in [2.45, 2.75) is 0 Å². The minimum Gasteiger partial charge on any atom is -0.496 e. The molecule has 2 rings (SSSR count). The molecule has 0 aliphatic carbocycles. The normalized spacial score (nSPS) is 9.76. The first-order valence-corrected chi connectivity index (χ1v) is 6.37. The molecule has 0 atom stereocenters. The molecule has 0 bridgehead atoms. The van der Waals surface area contributed by atoms with Crippen LogP contribution in [0.1, 0.15) is 15.9 Å². The van der Waals surface area contributed by atoms with Crippen molar-refractivity contribution < 1.29 is 9.53 Å². The number of nitrogen functional groups attached to an aromatic ring is 1. The molecule has 0 unspecified atom stereocenters. The minimum atomic E-state index is -0.397. The van der Waals surface area contributed by atoms with Crippen molar-refractivity contribution in [3.05, 3.63) is 52.5 Å². The largest absolute Gasteiger partial charge is 0.496 e. The van der Waals surface area contributed by atoms with Gasteiger partial charge in [-0.1, -0.05) is 11.6 Å². The average Bonchev–Trinajstić information content (AvgIpc) is 2.49. The predicted octanol–water partition coefficient (Wildman–Crippen LogP) is 3.05. The van der Waals surface area contributed by atoms with Crippen molar-refractivity contribution in [2.24, 2.45) is 0 Å². The van der Waals surface area contributed by atoms with Crippen LogP contribution in [-0.4, -0.2) is 13.0 Å². The Kier molecular flexibility index (Phi) is 4.31. The number of amides is 1. The number of nitriles is 1. The SMILES string of the molecule is COc1ccc(N)cc1C(=O)Nc1ccc(C#N)cc1Cl. The number of nitrogens with two attached hydrogens (primary N) is 1. The number of rotatable bonds is 3. The number of halogens is 1. The smallest absolute Gasteiger partial charge is 0.259 e. The summed E-state index contributed by atoms with van der Waals surface area (Å²) < 4.78 is 5.13. The van der Waals surface area contributed by atoms with E-state index in [9.17, 15) is 4.79 Å². The van der Waals surface area contributed by atoms with E-state index in [1.807, 2.05) is 6.07 Å². The van der Waals surface area contributed by atoms with E-state index in [0.29, 0.717) is 28.3 Å². The number of hydrogen-bond acceptors (Lipinski definition) is 4. The molecule has 0 aliphatic heterocycles. The summed E-state index contributed by atoms with van der Waals surface area (Å²) >= 11 is 6.02. The van der Waals surface area contributed by atoms with Gasteiger partial charge in [0.15, 0.2) is 0 Å². The van der Waals surface area contributed by atoms with Gasteiger partial charge in [0.1, 0.15) is 5.75 Å². The van der Waals surface area contributed by atoms with Crippen molar-refractivity contribution in [3.8, 4) is 11.8 Å². The monoisotopic (exact) mass is 301 g/mol. The Morgan fingerprint density at radius 3 is 2.71 bits per heavy atom. The number of nitrogens with zero attached hydrogens (tertiary/aromatic N) is 1. The molecule has 3 N–H and O–H groups in total. The summed E-state index contributed by atoms with van der Waals surface area (Å²) in [4.78, 5) is 12.3. The number of hydrogen-bond donors (Lipinski definition) is 2. The number of ether oxygens (including phenoxy) is 1. The molecule has 0 aliphatic rings. The molecule has 0 heterocycles. The standard InChI is InChI=1S/C15H12ClN3O2/c1-21-14-5-3-10(18)7-11(14)15(20)19-13-4-2-9(8-17)6-12(13)16/h2-7H,18H2,1H3,(H,19,20). The molecule has 0 aromatic heterocycles. The maximum absolute atomic E-state index is 12.3. The molecule has 0 fully saturated rings. The molecule has 2 aromatic rings. The van der Waals surface area contributed by atoms with Crippen molar-refractivity contribution in [2.75, 3.05) is 18.2 Å². The Morgan fingerprint density at radius 2 is 2.10 bits per heavy atom. The molecule has 0 spiro atoms. The third-order valence-corrected chi connectivity index (χ3v) is 3.13. The molecule has 106 valence electrons. The number of methoxy groups -OCH3 is 1. The van der Waals surface area contributed by atoms with Crippen LogP contribution < -0.4 is 15.8 Å². The minimum absolute atomic E-state index is 0.283. The second-order valence-corrected chi connectivity index (χ2v) is 4.63. The summed E-state index contributed by atoms with van der Waals surface area (Å²) in [5, 5.41) is 11.7. The molecular formula is C15H12ClN3O2. The maximum atomic E-state index is 12.3. The van der Waals surface area contributed by atoms with E-state index in [1.54, 1.807) is 24.3 Å². The third-order valence-electron chi connectivity index (χ3n) is 2.81. The molecule has 6 heteroatoms. The highest BCUT2D eigenvalue weighted by Gasteiger charge is 2.14. The lowest BCUT2D eigenvalue weighted by atomic mass is 10.1. The molecule has 0 radical (unpaired) electrons. The summed E-state index contributed by atoms with van der Waals surface area (Å²) in [6.45, 7) is 0. The fourth-order valence-electron chi connectivity index (χ4n) is 1.78. The van der Waals surface area contributed by atoms with Crippen molar-refractivity contribution in [1.82, 2.24) is 0 Å². The van der Waals surface area contributed by atoms with Crippen LogP contribution in [0.25, 0.3) is 0 Å². The van der Waals surface area contributed by atoms with E-state index < -0.39 is 5.91 Å². The van der Waals surface area contributed by atoms with Crippen LogP contribution in [0, 0.1) is 11.3 Å². The van der Waals surface area contributed by atoms with Crippen LogP contribution >= 0.6 is 11.6 Å². The van der Waals surface area contributed by atoms with Crippen LogP contribution in [0.3, 0.4) is 0 Å². The highest BCUT2D eigenvalue weighted by molar-refractivity contribution is 6.34. The number of benzene rings is 2. The number of carbonyl (C=O) groups excluding carboxylic acids is 1. The quantitative estimate of drug-likeness (QED) is 0.853. The van der Waals surface area contributed by atoms with Crippen LogP contribution in [-0.2, 0) is 0 Å². The third kappa shape index (κ3) is 3.25. The van der Waals surface area contributed by atoms with E-state index in [4.69, 9.17) is 27.3 Å². The molecule has 21 heavy (non-hydrogen) atoms. The van der Waals surface area contributed by atoms with E-state index in [-0.39, 0.29) is 5.02 Å². The molecule has 0 saturated carbocycles. The van der Waals surface area contributed by atoms with Gasteiger partial charge in [0, 0.05) is 5.69 Å². The van der Waals surface area contributed by atoms with Gasteiger partial charge in [-0.05, 0) is 36.4 Å². The number of carbonyl (C=O) groups is 1. The Balaban J connectivity index is 2.30. The maximum Gasteiger partial charge on any atom is 0.259 e. The van der Waals surface area contributed by atoms with Gasteiger partial charge in [0.05, 0.1) is 35.0 Å². The second-order valence-electron chi connectivity index (χ2n) is 4.22. The van der Waals surface area contributed by atoms with Gasteiger partial charge in [-0.2, -0.15) is 5.26 Å². The summed E-state index contributed by atoms with van der Waals surface area (Å²) in [6, 6.07) is 11.4. The Hall–Kier alpha value is -2.71. The summed E-state index contributed by atoms with van der Waals surface area (Å²) in [7, 11) is 1.47. The fourth-order valence-corrected chi connectivity index (χ4v) is 2.01. The topological polar surface area (TPSA) is 88.1 Å². The summed E-state index contributed by atoms with van der Waals surface area (Å²) in [6.07, 6.45) is 0. The lowest BCUT2D eigenvalue weighted by Crippen LogP contribution is -2.14. The van der Waals surface area contributed by atoms with Crippen LogP contribution in [0.5, 0.6) is 5.75 Å². The van der Waals surface area contributed by atoms with Gasteiger partial charge < -0.3 is 15.8 Å². The highest BCUT2D eigenvalue weighted by Crippen LogP contribution is 2.26. The second kappa shape index (κ2) is 6.16. The predicted molar refractivity (Wildman–Crippen MR) is 81.5 cm³/mol. The molecule has 0 saturated heterocycles. The zero-order valence-corrected chi connectivity index (χ0v) is 11.9. The van der Waals surface area contributed by atoms with Gasteiger partial charge in [0.25, 0.3) is 5.91 Å². The van der Waals surface area contributed by atoms with Crippen molar-refractivity contribution >= 4 is 28.9 Å². The van der Waals surface area contributed by atoms with Crippen molar-refractivity contribution in [1.29, 1.82) is 5.26 Å². The van der Waals surface area contributed by atoms with Crippen LogP contribution in [0.15, 0.2) is 36.4 Å². The van der Waals surface area contributed by atoms with Gasteiger partial charge in [-0.15, -0.1) is 0 Å². The van der Waals surface area contributed by atoms with Gasteiger partial charge >= 0.3 is 0 Å². The molecule has 1 amide bonds. The lowest BCUT2D eigenvalue weighted by Gasteiger charge is -2.11. The summed E-state index contributed by atoms with van der Waals surface area (Å²) in [5.74, 6) is 0.0113. The first-order chi connectivity index (χ1) is 10.0. The Labute approximate surface area is 126 Å². The molecule has 5 nitrogen and oxygen atoms in total. The lowest BCUT2D eigenvalue weighted by molar-refractivity contribution is 0.102.